The van der Waals surface area contributed by atoms with Crippen molar-refractivity contribution in [3.05, 3.63) is 58.6 Å². The van der Waals surface area contributed by atoms with Crippen molar-refractivity contribution in [3.8, 4) is 11.5 Å². The molecule has 0 aliphatic heterocycles. The molecule has 2 aromatic rings. The third-order valence-electron chi connectivity index (χ3n) is 2.48. The number of halogens is 1. The van der Waals surface area contributed by atoms with Crippen LogP contribution in [0.25, 0.3) is 0 Å². The Balaban J connectivity index is 2.12. The van der Waals surface area contributed by atoms with Crippen LogP contribution in [0.5, 0.6) is 11.5 Å². The quantitative estimate of drug-likeness (QED) is 0.900. The van der Waals surface area contributed by atoms with Gasteiger partial charge in [0.15, 0.2) is 0 Å². The van der Waals surface area contributed by atoms with Crippen LogP contribution in [-0.4, -0.2) is 16.2 Å². The van der Waals surface area contributed by atoms with Crippen molar-refractivity contribution in [1.82, 2.24) is 0 Å². The Labute approximate surface area is 114 Å². The molecule has 0 atom stereocenters. The average molecular weight is 279 g/mol. The van der Waals surface area contributed by atoms with Crippen LogP contribution < -0.4 is 4.74 Å². The number of carbonyl (C=O) groups is 1. The number of phenolic OH excluding ortho intramolecular Hbond substituents is 1. The molecule has 4 nitrogen and oxygen atoms in total. The Hall–Kier alpha value is -2.20. The number of hydrogen-bond acceptors (Lipinski definition) is 3. The lowest BCUT2D eigenvalue weighted by Gasteiger charge is -2.08. The van der Waals surface area contributed by atoms with E-state index in [1.807, 2.05) is 0 Å². The van der Waals surface area contributed by atoms with Gasteiger partial charge in [-0.05, 0) is 35.9 Å². The molecule has 2 N–H and O–H groups in total. The van der Waals surface area contributed by atoms with Gasteiger partial charge in [-0.15, -0.1) is 0 Å². The highest BCUT2D eigenvalue weighted by molar-refractivity contribution is 6.33. The Morgan fingerprint density at radius 3 is 2.68 bits per heavy atom. The van der Waals surface area contributed by atoms with Crippen molar-refractivity contribution in [1.29, 1.82) is 0 Å². The van der Waals surface area contributed by atoms with Gasteiger partial charge in [-0.1, -0.05) is 23.7 Å². The second-order valence-electron chi connectivity index (χ2n) is 3.91. The fourth-order valence-corrected chi connectivity index (χ4v) is 1.77. The number of phenols is 1. The van der Waals surface area contributed by atoms with Gasteiger partial charge < -0.3 is 14.9 Å². The lowest BCUT2D eigenvalue weighted by molar-refractivity contribution is 0.0696. The van der Waals surface area contributed by atoms with Gasteiger partial charge in [0.2, 0.25) is 0 Å². The third-order valence-corrected chi connectivity index (χ3v) is 2.81. The molecule has 0 aliphatic carbocycles. The maximum absolute atomic E-state index is 10.9. The average Bonchev–Trinajstić information content (AvgIpc) is 2.37. The lowest BCUT2D eigenvalue weighted by Crippen LogP contribution is -2.00. The smallest absolute Gasteiger partial charge is 0.337 e. The SMILES string of the molecule is O=C(O)c1cc(OCc2cccc(O)c2)ccc1Cl. The van der Waals surface area contributed by atoms with Crippen LogP contribution in [0.2, 0.25) is 5.02 Å². The number of aromatic hydroxyl groups is 1. The summed E-state index contributed by atoms with van der Waals surface area (Å²) in [6.07, 6.45) is 0. The van der Waals surface area contributed by atoms with Crippen LogP contribution in [0.3, 0.4) is 0 Å². The van der Waals surface area contributed by atoms with Crippen molar-refractivity contribution in [2.45, 2.75) is 6.61 Å². The standard InChI is InChI=1S/C14H11ClO4/c15-13-5-4-11(7-12(13)14(17)18)19-8-9-2-1-3-10(16)6-9/h1-7,16H,8H2,(H,17,18). The summed E-state index contributed by atoms with van der Waals surface area (Å²) in [5.41, 5.74) is 0.780. The zero-order chi connectivity index (χ0) is 13.8. The molecule has 0 bridgehead atoms. The molecule has 0 saturated heterocycles. The molecule has 2 rings (SSSR count). The normalized spacial score (nSPS) is 10.2. The molecule has 0 unspecified atom stereocenters. The first-order valence-corrected chi connectivity index (χ1v) is 5.87. The molecule has 2 aromatic carbocycles. The van der Waals surface area contributed by atoms with Gasteiger partial charge in [-0.2, -0.15) is 0 Å². The highest BCUT2D eigenvalue weighted by Gasteiger charge is 2.10. The lowest BCUT2D eigenvalue weighted by atomic mass is 10.2. The van der Waals surface area contributed by atoms with Crippen molar-refractivity contribution in [2.75, 3.05) is 0 Å². The summed E-state index contributed by atoms with van der Waals surface area (Å²) >= 11 is 5.76. The summed E-state index contributed by atoms with van der Waals surface area (Å²) < 4.78 is 5.46. The first-order valence-electron chi connectivity index (χ1n) is 5.50. The largest absolute Gasteiger partial charge is 0.508 e. The number of benzene rings is 2. The van der Waals surface area contributed by atoms with Crippen molar-refractivity contribution >= 4 is 17.6 Å². The number of rotatable bonds is 4. The highest BCUT2D eigenvalue weighted by atomic mass is 35.5. The number of hydrogen-bond donors (Lipinski definition) is 2. The monoisotopic (exact) mass is 278 g/mol. The molecule has 5 heteroatoms. The minimum absolute atomic E-state index is 0.00456. The second kappa shape index (κ2) is 5.63. The van der Waals surface area contributed by atoms with Gasteiger partial charge in [0.25, 0.3) is 0 Å². The van der Waals surface area contributed by atoms with E-state index < -0.39 is 5.97 Å². The van der Waals surface area contributed by atoms with Gasteiger partial charge in [0.05, 0.1) is 10.6 Å². The molecule has 0 aliphatic rings. The van der Waals surface area contributed by atoms with Crippen LogP contribution in [0.4, 0.5) is 0 Å². The molecular weight excluding hydrogens is 268 g/mol. The fraction of sp³-hybridized carbons (Fsp3) is 0.0714. The minimum Gasteiger partial charge on any atom is -0.508 e. The summed E-state index contributed by atoms with van der Waals surface area (Å²) in [5.74, 6) is -0.540. The maximum Gasteiger partial charge on any atom is 0.337 e. The first-order chi connectivity index (χ1) is 9.06. The molecular formula is C14H11ClO4. The Morgan fingerprint density at radius 2 is 2.00 bits per heavy atom. The van der Waals surface area contributed by atoms with Crippen LogP contribution in [0.1, 0.15) is 15.9 Å². The van der Waals surface area contributed by atoms with Gasteiger partial charge in [-0.3, -0.25) is 0 Å². The number of carboxylic acids is 1. The predicted molar refractivity (Wildman–Crippen MR) is 70.9 cm³/mol. The third kappa shape index (κ3) is 3.39. The number of carboxylic acid groups (broad SMARTS) is 1. The van der Waals surface area contributed by atoms with Crippen LogP contribution in [-0.2, 0) is 6.61 Å². The molecule has 0 amide bonds. The molecule has 0 spiro atoms. The van der Waals surface area contributed by atoms with E-state index in [1.54, 1.807) is 30.3 Å². The summed E-state index contributed by atoms with van der Waals surface area (Å²) in [5, 5.41) is 18.4. The van der Waals surface area contributed by atoms with Gasteiger partial charge >= 0.3 is 5.97 Å². The summed E-state index contributed by atoms with van der Waals surface area (Å²) in [7, 11) is 0. The van der Waals surface area contributed by atoms with Crippen molar-refractivity contribution < 1.29 is 19.7 Å². The van der Waals surface area contributed by atoms with E-state index in [1.165, 1.54) is 12.1 Å². The van der Waals surface area contributed by atoms with Crippen LogP contribution >= 0.6 is 11.6 Å². The highest BCUT2D eigenvalue weighted by Crippen LogP contribution is 2.23. The van der Waals surface area contributed by atoms with E-state index in [4.69, 9.17) is 21.4 Å². The van der Waals surface area contributed by atoms with Crippen molar-refractivity contribution in [3.63, 3.8) is 0 Å². The van der Waals surface area contributed by atoms with Gasteiger partial charge in [0, 0.05) is 0 Å². The minimum atomic E-state index is -1.10. The summed E-state index contributed by atoms with van der Waals surface area (Å²) in [4.78, 5) is 10.9. The van der Waals surface area contributed by atoms with Crippen molar-refractivity contribution in [2.24, 2.45) is 0 Å². The maximum atomic E-state index is 10.9. The fourth-order valence-electron chi connectivity index (χ4n) is 1.57. The van der Waals surface area contributed by atoms with E-state index >= 15 is 0 Å². The zero-order valence-electron chi connectivity index (χ0n) is 9.84. The predicted octanol–water partition coefficient (Wildman–Crippen LogP) is 3.32. The summed E-state index contributed by atoms with van der Waals surface area (Å²) in [6.45, 7) is 0.231. The van der Waals surface area contributed by atoms with Crippen LogP contribution in [0, 0.1) is 0 Å². The molecule has 0 fully saturated rings. The second-order valence-corrected chi connectivity index (χ2v) is 4.31. The Morgan fingerprint density at radius 1 is 1.21 bits per heavy atom. The molecule has 98 valence electrons. The number of ether oxygens (including phenoxy) is 1. The van der Waals surface area contributed by atoms with Crippen LogP contribution in [0.15, 0.2) is 42.5 Å². The zero-order valence-corrected chi connectivity index (χ0v) is 10.6. The topological polar surface area (TPSA) is 66.8 Å². The van der Waals surface area contributed by atoms with E-state index in [0.717, 1.165) is 5.56 Å². The van der Waals surface area contributed by atoms with Gasteiger partial charge in [-0.25, -0.2) is 4.79 Å². The molecule has 19 heavy (non-hydrogen) atoms. The van der Waals surface area contributed by atoms with Gasteiger partial charge in [0.1, 0.15) is 18.1 Å². The molecule has 0 aromatic heterocycles. The first kappa shape index (κ1) is 13.2. The Kier molecular flexibility index (Phi) is 3.92. The molecule has 0 radical (unpaired) electrons. The Bertz CT molecular complexity index is 610. The van der Waals surface area contributed by atoms with E-state index in [9.17, 15) is 9.90 Å². The molecule has 0 heterocycles. The summed E-state index contributed by atoms with van der Waals surface area (Å²) in [6, 6.07) is 11.1. The van der Waals surface area contributed by atoms with E-state index in [2.05, 4.69) is 0 Å². The van der Waals surface area contributed by atoms with E-state index in [0.29, 0.717) is 5.75 Å². The molecule has 0 saturated carbocycles. The number of aromatic carboxylic acids is 1. The van der Waals surface area contributed by atoms with E-state index in [-0.39, 0.29) is 22.9 Å².